The Labute approximate surface area is 252 Å². The molecular formula is C33H37N5O5. The van der Waals surface area contributed by atoms with Crippen molar-refractivity contribution in [1.82, 2.24) is 25.1 Å². The fraction of sp³-hybridized carbons (Fsp3) is 0.364. The van der Waals surface area contributed by atoms with Crippen LogP contribution in [0.4, 0.5) is 4.79 Å². The third-order valence-electron chi connectivity index (χ3n) is 7.74. The van der Waals surface area contributed by atoms with Crippen molar-refractivity contribution in [3.05, 3.63) is 89.5 Å². The summed E-state index contributed by atoms with van der Waals surface area (Å²) >= 11 is 0. The lowest BCUT2D eigenvalue weighted by Crippen LogP contribution is -2.76. The van der Waals surface area contributed by atoms with Crippen LogP contribution in [0.25, 0.3) is 0 Å². The van der Waals surface area contributed by atoms with Crippen molar-refractivity contribution in [3.63, 3.8) is 0 Å². The molecule has 0 bridgehead atoms. The van der Waals surface area contributed by atoms with Crippen molar-refractivity contribution in [3.8, 4) is 17.6 Å². The van der Waals surface area contributed by atoms with E-state index < -0.39 is 12.2 Å². The summed E-state index contributed by atoms with van der Waals surface area (Å²) in [5, 5.41) is 15.9. The van der Waals surface area contributed by atoms with E-state index in [9.17, 15) is 19.5 Å². The van der Waals surface area contributed by atoms with Gasteiger partial charge in [0.05, 0.1) is 26.3 Å². The zero-order valence-electron chi connectivity index (χ0n) is 24.5. The number of fused-ring (bicyclic) bond motifs is 1. The number of phenolic OH excluding ortho intramolecular Hbond substituents is 1. The Bertz CT molecular complexity index is 1450. The molecule has 4 amide bonds. The van der Waals surface area contributed by atoms with Gasteiger partial charge in [-0.2, -0.15) is 0 Å². The SMILES string of the molecule is CC1C#CC=C(COCCN2C[C@H]3N(C(=O)CN(C)N3C(=O)NCc3ccccc3)[C@@H](Cc3ccc(O)cc3)C2=O)C=C1. The third kappa shape index (κ3) is 7.25. The van der Waals surface area contributed by atoms with Crippen molar-refractivity contribution in [1.29, 1.82) is 0 Å². The maximum absolute atomic E-state index is 13.9. The lowest BCUT2D eigenvalue weighted by atomic mass is 9.98. The minimum atomic E-state index is -0.821. The van der Waals surface area contributed by atoms with Gasteiger partial charge in [0.15, 0.2) is 0 Å². The molecule has 2 N–H and O–H groups in total. The number of hydrazine groups is 1. The molecule has 0 saturated carbocycles. The second kappa shape index (κ2) is 13.6. The number of allylic oxidation sites excluding steroid dienone is 2. The molecule has 0 radical (unpaired) electrons. The molecule has 2 fully saturated rings. The largest absolute Gasteiger partial charge is 0.508 e. The lowest BCUT2D eigenvalue weighted by molar-refractivity contribution is -0.187. The topological polar surface area (TPSA) is 106 Å². The highest BCUT2D eigenvalue weighted by atomic mass is 16.5. The summed E-state index contributed by atoms with van der Waals surface area (Å²) in [6, 6.07) is 15.0. The smallest absolute Gasteiger partial charge is 0.334 e. The van der Waals surface area contributed by atoms with E-state index in [0.717, 1.165) is 16.7 Å². The molecule has 0 spiro atoms. The van der Waals surface area contributed by atoms with E-state index >= 15 is 0 Å². The molecule has 3 aliphatic rings. The predicted molar refractivity (Wildman–Crippen MR) is 161 cm³/mol. The summed E-state index contributed by atoms with van der Waals surface area (Å²) in [6.07, 6.45) is 5.40. The van der Waals surface area contributed by atoms with Crippen LogP contribution >= 0.6 is 0 Å². The number of nitrogens with zero attached hydrogens (tertiary/aromatic N) is 4. The van der Waals surface area contributed by atoms with Crippen LogP contribution in [-0.2, 0) is 27.3 Å². The molecule has 1 unspecified atom stereocenters. The summed E-state index contributed by atoms with van der Waals surface area (Å²) in [6.45, 7) is 3.40. The zero-order valence-corrected chi connectivity index (χ0v) is 24.5. The Morgan fingerprint density at radius 3 is 2.63 bits per heavy atom. The third-order valence-corrected chi connectivity index (χ3v) is 7.74. The van der Waals surface area contributed by atoms with E-state index in [1.54, 1.807) is 46.1 Å². The van der Waals surface area contributed by atoms with Crippen molar-refractivity contribution in [2.45, 2.75) is 32.1 Å². The van der Waals surface area contributed by atoms with Crippen LogP contribution in [0, 0.1) is 17.8 Å². The average molecular weight is 584 g/mol. The number of benzene rings is 2. The lowest BCUT2D eigenvalue weighted by Gasteiger charge is -2.54. The van der Waals surface area contributed by atoms with Gasteiger partial charge in [-0.25, -0.2) is 14.8 Å². The van der Waals surface area contributed by atoms with Crippen LogP contribution in [0.15, 0.2) is 78.4 Å². The van der Waals surface area contributed by atoms with Crippen LogP contribution in [0.2, 0.25) is 0 Å². The van der Waals surface area contributed by atoms with E-state index in [1.165, 1.54) is 5.01 Å². The summed E-state index contributed by atoms with van der Waals surface area (Å²) in [7, 11) is 1.70. The summed E-state index contributed by atoms with van der Waals surface area (Å²) < 4.78 is 5.93. The van der Waals surface area contributed by atoms with Crippen LogP contribution in [0.3, 0.4) is 0 Å². The second-order valence-corrected chi connectivity index (χ2v) is 11.0. The molecule has 5 rings (SSSR count). The quantitative estimate of drug-likeness (QED) is 0.347. The average Bonchev–Trinajstić information content (AvgIpc) is 3.21. The Hall–Kier alpha value is -4.59. The maximum atomic E-state index is 13.9. The van der Waals surface area contributed by atoms with Gasteiger partial charge in [-0.3, -0.25) is 9.59 Å². The van der Waals surface area contributed by atoms with Crippen LogP contribution < -0.4 is 5.32 Å². The fourth-order valence-electron chi connectivity index (χ4n) is 5.50. The molecule has 10 nitrogen and oxygen atoms in total. The first kappa shape index (κ1) is 29.9. The van der Waals surface area contributed by atoms with E-state index in [2.05, 4.69) is 17.2 Å². The molecular weight excluding hydrogens is 546 g/mol. The van der Waals surface area contributed by atoms with E-state index in [-0.39, 0.29) is 55.6 Å². The van der Waals surface area contributed by atoms with Gasteiger partial charge in [0.25, 0.3) is 0 Å². The first-order valence-electron chi connectivity index (χ1n) is 14.5. The maximum Gasteiger partial charge on any atom is 0.334 e. The number of carbonyl (C=O) groups is 3. The monoisotopic (exact) mass is 583 g/mol. The first-order chi connectivity index (χ1) is 20.8. The first-order valence-corrected chi connectivity index (χ1v) is 14.5. The highest BCUT2D eigenvalue weighted by Gasteiger charge is 2.50. The number of hydrogen-bond donors (Lipinski definition) is 2. The number of likely N-dealkylation sites (N-methyl/N-ethyl adjacent to an activating group) is 1. The second-order valence-electron chi connectivity index (χ2n) is 11.0. The highest BCUT2D eigenvalue weighted by molar-refractivity contribution is 5.91. The van der Waals surface area contributed by atoms with E-state index in [4.69, 9.17) is 4.74 Å². The molecule has 1 aliphatic carbocycles. The number of rotatable bonds is 9. The van der Waals surface area contributed by atoms with Gasteiger partial charge in [-0.1, -0.05) is 66.5 Å². The Kier molecular flexibility index (Phi) is 9.45. The number of ether oxygens (including phenoxy) is 1. The van der Waals surface area contributed by atoms with Crippen LogP contribution in [0.5, 0.6) is 5.75 Å². The standard InChI is InChI=1S/C33H37N5O5/c1-24-7-6-10-27(12-11-24)23-43-18-17-36-21-30-37(29(32(36)41)19-25-13-15-28(39)16-14-25)31(40)22-35(2)38(30)33(42)34-20-26-8-4-3-5-9-26/h3-5,8-16,24,29-30,39H,17-23H2,1-2H3,(H,34,42)/t24?,29-,30-/m0/s1. The van der Waals surface area contributed by atoms with Crippen molar-refractivity contribution >= 4 is 17.8 Å². The number of piperazine rings is 1. The number of carbonyl (C=O) groups excluding carboxylic acids is 3. The predicted octanol–water partition coefficient (Wildman–Crippen LogP) is 2.52. The van der Waals surface area contributed by atoms with Gasteiger partial charge >= 0.3 is 6.03 Å². The Balaban J connectivity index is 1.34. The van der Waals surface area contributed by atoms with Gasteiger partial charge in [0.2, 0.25) is 11.8 Å². The Morgan fingerprint density at radius 2 is 1.86 bits per heavy atom. The van der Waals surface area contributed by atoms with Crippen LogP contribution in [-0.4, -0.2) is 94.9 Å². The van der Waals surface area contributed by atoms with Gasteiger partial charge in [0, 0.05) is 32.5 Å². The minimum absolute atomic E-state index is 0.0398. The van der Waals surface area contributed by atoms with E-state index in [0.29, 0.717) is 19.7 Å². The van der Waals surface area contributed by atoms with Gasteiger partial charge in [0.1, 0.15) is 18.0 Å². The molecule has 2 saturated heterocycles. The molecule has 3 atom stereocenters. The molecule has 10 heteroatoms. The molecule has 2 aromatic rings. The summed E-state index contributed by atoms with van der Waals surface area (Å²) in [4.78, 5) is 44.1. The molecule has 2 heterocycles. The molecule has 224 valence electrons. The Morgan fingerprint density at radius 1 is 1.09 bits per heavy atom. The van der Waals surface area contributed by atoms with Gasteiger partial charge in [-0.15, -0.1) is 0 Å². The highest BCUT2D eigenvalue weighted by Crippen LogP contribution is 2.28. The molecule has 0 aromatic heterocycles. The molecule has 2 aliphatic heterocycles. The van der Waals surface area contributed by atoms with Crippen molar-refractivity contribution in [2.24, 2.45) is 5.92 Å². The number of hydrogen-bond acceptors (Lipinski definition) is 6. The zero-order chi connectivity index (χ0) is 30.3. The molecule has 43 heavy (non-hydrogen) atoms. The minimum Gasteiger partial charge on any atom is -0.508 e. The van der Waals surface area contributed by atoms with Crippen molar-refractivity contribution < 1.29 is 24.2 Å². The number of phenols is 1. The normalized spacial score (nSPS) is 22.0. The summed E-state index contributed by atoms with van der Waals surface area (Å²) in [5.41, 5.74) is 2.70. The van der Waals surface area contributed by atoms with E-state index in [1.807, 2.05) is 55.5 Å². The van der Waals surface area contributed by atoms with Crippen molar-refractivity contribution in [2.75, 3.05) is 39.9 Å². The number of urea groups is 1. The van der Waals surface area contributed by atoms with Crippen LogP contribution in [0.1, 0.15) is 18.1 Å². The number of nitrogens with one attached hydrogen (secondary N) is 1. The molecule has 2 aromatic carbocycles. The fourth-order valence-corrected chi connectivity index (χ4v) is 5.50. The number of amides is 4. The number of aromatic hydroxyl groups is 1. The summed E-state index contributed by atoms with van der Waals surface area (Å²) in [5.74, 6) is 6.00. The van der Waals surface area contributed by atoms with Gasteiger partial charge < -0.3 is 25.0 Å². The van der Waals surface area contributed by atoms with Gasteiger partial charge in [-0.05, 0) is 41.8 Å².